The molecule has 0 saturated carbocycles. The fourth-order valence-corrected chi connectivity index (χ4v) is 2.60. The maximum Gasteiger partial charge on any atom is 0.240 e. The molecule has 0 aliphatic carbocycles. The van der Waals surface area contributed by atoms with Gasteiger partial charge in [0.1, 0.15) is 0 Å². The number of hydrogen-bond acceptors (Lipinski definition) is 5. The molecule has 20 heavy (non-hydrogen) atoms. The first kappa shape index (κ1) is 15.1. The average Bonchev–Trinajstić information content (AvgIpc) is 2.84. The molecule has 0 amide bonds. The van der Waals surface area contributed by atoms with Crippen LogP contribution in [0, 0.1) is 12.8 Å². The van der Waals surface area contributed by atoms with Crippen molar-refractivity contribution in [3.05, 3.63) is 41.5 Å². The van der Waals surface area contributed by atoms with Crippen LogP contribution in [0.2, 0.25) is 0 Å². The first-order chi connectivity index (χ1) is 9.63. The molecule has 1 N–H and O–H groups in total. The van der Waals surface area contributed by atoms with Gasteiger partial charge in [0.2, 0.25) is 5.89 Å². The zero-order valence-corrected chi connectivity index (χ0v) is 13.0. The highest BCUT2D eigenvalue weighted by Gasteiger charge is 2.07. The van der Waals surface area contributed by atoms with Gasteiger partial charge in [-0.15, -0.1) is 11.8 Å². The highest BCUT2D eigenvalue weighted by Crippen LogP contribution is 2.22. The van der Waals surface area contributed by atoms with Gasteiger partial charge in [-0.1, -0.05) is 36.7 Å². The maximum absolute atomic E-state index is 5.22. The Morgan fingerprint density at radius 3 is 2.95 bits per heavy atom. The molecule has 1 aromatic heterocycles. The topological polar surface area (TPSA) is 51.0 Å². The van der Waals surface area contributed by atoms with Gasteiger partial charge in [-0.05, 0) is 31.5 Å². The minimum absolute atomic E-state index is 0.620. The van der Waals surface area contributed by atoms with Crippen LogP contribution >= 0.6 is 11.8 Å². The van der Waals surface area contributed by atoms with Crippen LogP contribution in [0.4, 0.5) is 0 Å². The van der Waals surface area contributed by atoms with Gasteiger partial charge in [-0.2, -0.15) is 4.98 Å². The van der Waals surface area contributed by atoms with Gasteiger partial charge in [-0.3, -0.25) is 0 Å². The summed E-state index contributed by atoms with van der Waals surface area (Å²) in [5.74, 6) is 2.76. The van der Waals surface area contributed by atoms with Gasteiger partial charge in [0.05, 0.1) is 12.3 Å². The van der Waals surface area contributed by atoms with Gasteiger partial charge < -0.3 is 9.84 Å². The largest absolute Gasteiger partial charge is 0.338 e. The molecule has 2 aromatic rings. The predicted octanol–water partition coefficient (Wildman–Crippen LogP) is 3.42. The van der Waals surface area contributed by atoms with Gasteiger partial charge in [0.25, 0.3) is 0 Å². The molecule has 0 saturated heterocycles. The maximum atomic E-state index is 5.22. The third kappa shape index (κ3) is 4.98. The van der Waals surface area contributed by atoms with Gasteiger partial charge in [-0.25, -0.2) is 0 Å². The lowest BCUT2D eigenvalue weighted by Crippen LogP contribution is -2.19. The summed E-state index contributed by atoms with van der Waals surface area (Å²) < 4.78 is 5.22. The minimum Gasteiger partial charge on any atom is -0.338 e. The first-order valence-corrected chi connectivity index (χ1v) is 7.83. The van der Waals surface area contributed by atoms with Crippen molar-refractivity contribution >= 4 is 11.8 Å². The lowest BCUT2D eigenvalue weighted by molar-refractivity contribution is 0.360. The van der Waals surface area contributed by atoms with E-state index >= 15 is 0 Å². The number of rotatable bonds is 7. The molecule has 108 valence electrons. The zero-order valence-electron chi connectivity index (χ0n) is 12.2. The van der Waals surface area contributed by atoms with Crippen LogP contribution in [-0.2, 0) is 12.3 Å². The van der Waals surface area contributed by atoms with Crippen molar-refractivity contribution in [2.45, 2.75) is 38.0 Å². The zero-order chi connectivity index (χ0) is 14.4. The van der Waals surface area contributed by atoms with E-state index in [-0.39, 0.29) is 0 Å². The molecule has 0 unspecified atom stereocenters. The number of nitrogens with one attached hydrogen (secondary N) is 1. The van der Waals surface area contributed by atoms with Crippen molar-refractivity contribution in [1.29, 1.82) is 0 Å². The van der Waals surface area contributed by atoms with Gasteiger partial charge >= 0.3 is 0 Å². The SMILES string of the molecule is Cc1cccc(SCc2noc(CNCC(C)C)n2)c1. The number of aromatic nitrogens is 2. The molecule has 0 fully saturated rings. The quantitative estimate of drug-likeness (QED) is 0.792. The predicted molar refractivity (Wildman–Crippen MR) is 81.6 cm³/mol. The second kappa shape index (κ2) is 7.45. The monoisotopic (exact) mass is 291 g/mol. The Morgan fingerprint density at radius 2 is 2.20 bits per heavy atom. The van der Waals surface area contributed by atoms with E-state index in [2.05, 4.69) is 60.5 Å². The number of benzene rings is 1. The molecule has 2 rings (SSSR count). The fraction of sp³-hybridized carbons (Fsp3) is 0.467. The smallest absolute Gasteiger partial charge is 0.240 e. The van der Waals surface area contributed by atoms with E-state index in [1.165, 1.54) is 10.5 Å². The highest BCUT2D eigenvalue weighted by molar-refractivity contribution is 7.98. The fourth-order valence-electron chi connectivity index (χ4n) is 1.74. The van der Waals surface area contributed by atoms with E-state index in [9.17, 15) is 0 Å². The van der Waals surface area contributed by atoms with Crippen LogP contribution in [0.1, 0.15) is 31.1 Å². The molecule has 5 heteroatoms. The Bertz CT molecular complexity index is 539. The molecule has 0 atom stereocenters. The second-order valence-corrected chi connectivity index (χ2v) is 6.28. The Kier molecular flexibility index (Phi) is 5.61. The summed E-state index contributed by atoms with van der Waals surface area (Å²) in [5.41, 5.74) is 1.27. The molecule has 0 spiro atoms. The Balaban J connectivity index is 1.80. The second-order valence-electron chi connectivity index (χ2n) is 5.23. The summed E-state index contributed by atoms with van der Waals surface area (Å²) in [6.07, 6.45) is 0. The summed E-state index contributed by atoms with van der Waals surface area (Å²) in [5, 5.41) is 7.30. The molecule has 0 radical (unpaired) electrons. The van der Waals surface area contributed by atoms with E-state index in [1.54, 1.807) is 11.8 Å². The first-order valence-electron chi connectivity index (χ1n) is 6.85. The van der Waals surface area contributed by atoms with Crippen molar-refractivity contribution < 1.29 is 4.52 Å². The Labute approximate surface area is 124 Å². The van der Waals surface area contributed by atoms with Crippen molar-refractivity contribution in [3.8, 4) is 0 Å². The highest BCUT2D eigenvalue weighted by atomic mass is 32.2. The third-order valence-electron chi connectivity index (χ3n) is 2.70. The molecule has 1 aromatic carbocycles. The number of nitrogens with zero attached hydrogens (tertiary/aromatic N) is 2. The molecule has 0 bridgehead atoms. The van der Waals surface area contributed by atoms with E-state index in [4.69, 9.17) is 4.52 Å². The van der Waals surface area contributed by atoms with Crippen molar-refractivity contribution in [1.82, 2.24) is 15.5 Å². The molecule has 4 nitrogen and oxygen atoms in total. The average molecular weight is 291 g/mol. The van der Waals surface area contributed by atoms with Crippen LogP contribution in [0.15, 0.2) is 33.7 Å². The van der Waals surface area contributed by atoms with E-state index < -0.39 is 0 Å². The Hall–Kier alpha value is -1.33. The van der Waals surface area contributed by atoms with Crippen LogP contribution in [-0.4, -0.2) is 16.7 Å². The van der Waals surface area contributed by atoms with Crippen molar-refractivity contribution in [2.24, 2.45) is 5.92 Å². The normalized spacial score (nSPS) is 11.2. The van der Waals surface area contributed by atoms with Crippen LogP contribution in [0.25, 0.3) is 0 Å². The lowest BCUT2D eigenvalue weighted by atomic mass is 10.2. The molecule has 1 heterocycles. The number of aryl methyl sites for hydroxylation is 1. The van der Waals surface area contributed by atoms with E-state index in [0.29, 0.717) is 18.4 Å². The van der Waals surface area contributed by atoms with Crippen molar-refractivity contribution in [2.75, 3.05) is 6.54 Å². The summed E-state index contributed by atoms with van der Waals surface area (Å²) in [6.45, 7) is 8.03. The minimum atomic E-state index is 0.620. The molecule has 0 aliphatic rings. The van der Waals surface area contributed by atoms with E-state index in [0.717, 1.165) is 18.1 Å². The van der Waals surface area contributed by atoms with Crippen LogP contribution in [0.5, 0.6) is 0 Å². The van der Waals surface area contributed by atoms with E-state index in [1.807, 2.05) is 0 Å². The number of thioether (sulfide) groups is 1. The third-order valence-corrected chi connectivity index (χ3v) is 3.69. The standard InChI is InChI=1S/C15H21N3OS/c1-11(2)8-16-9-15-17-14(18-19-15)10-20-13-6-4-5-12(3)7-13/h4-7,11,16H,8-10H2,1-3H3. The van der Waals surface area contributed by atoms with Crippen molar-refractivity contribution in [3.63, 3.8) is 0 Å². The van der Waals surface area contributed by atoms with Gasteiger partial charge in [0, 0.05) is 4.90 Å². The summed E-state index contributed by atoms with van der Waals surface area (Å²) in [6, 6.07) is 8.42. The number of hydrogen-bond donors (Lipinski definition) is 1. The molecular formula is C15H21N3OS. The molecule has 0 aliphatic heterocycles. The summed E-state index contributed by atoms with van der Waals surface area (Å²) >= 11 is 1.72. The molecular weight excluding hydrogens is 270 g/mol. The van der Waals surface area contributed by atoms with Crippen LogP contribution in [0.3, 0.4) is 0 Å². The lowest BCUT2D eigenvalue weighted by Gasteiger charge is -2.03. The Morgan fingerprint density at radius 1 is 1.35 bits per heavy atom. The summed E-state index contributed by atoms with van der Waals surface area (Å²) in [7, 11) is 0. The van der Waals surface area contributed by atoms with Gasteiger partial charge in [0.15, 0.2) is 5.82 Å². The summed E-state index contributed by atoms with van der Waals surface area (Å²) in [4.78, 5) is 5.61. The van der Waals surface area contributed by atoms with Crippen LogP contribution < -0.4 is 5.32 Å².